The molecule has 0 fully saturated rings. The third-order valence-corrected chi connectivity index (χ3v) is 2.85. The monoisotopic (exact) mass is 209 g/mol. The normalized spacial score (nSPS) is 13.0. The fourth-order valence-corrected chi connectivity index (χ4v) is 1.77. The molecule has 0 aromatic carbocycles. The molecule has 86 valence electrons. The molecular formula is C12H23N3. The molecule has 0 aliphatic carbocycles. The first kappa shape index (κ1) is 12.2. The van der Waals surface area contributed by atoms with Gasteiger partial charge >= 0.3 is 0 Å². The van der Waals surface area contributed by atoms with Crippen molar-refractivity contribution in [2.45, 2.75) is 45.6 Å². The summed E-state index contributed by atoms with van der Waals surface area (Å²) in [5, 5.41) is 7.75. The predicted molar refractivity (Wildman–Crippen MR) is 63.9 cm³/mol. The Kier molecular flexibility index (Phi) is 5.40. The minimum atomic E-state index is 0.653. The summed E-state index contributed by atoms with van der Waals surface area (Å²) in [5.41, 5.74) is 1.33. The minimum absolute atomic E-state index is 0.653. The van der Waals surface area contributed by atoms with E-state index in [1.165, 1.54) is 25.0 Å². The van der Waals surface area contributed by atoms with Gasteiger partial charge in [-0.25, -0.2) is 0 Å². The van der Waals surface area contributed by atoms with E-state index in [0.29, 0.717) is 6.04 Å². The van der Waals surface area contributed by atoms with Crippen LogP contribution in [0.3, 0.4) is 0 Å². The number of rotatable bonds is 7. The Bertz CT molecular complexity index is 268. The van der Waals surface area contributed by atoms with Crippen molar-refractivity contribution in [1.29, 1.82) is 0 Å². The first-order valence-corrected chi connectivity index (χ1v) is 5.98. The van der Waals surface area contributed by atoms with E-state index in [1.54, 1.807) is 0 Å². The smallest absolute Gasteiger partial charge is 0.0492 e. The Morgan fingerprint density at radius 2 is 2.27 bits per heavy atom. The van der Waals surface area contributed by atoms with Gasteiger partial charge in [-0.2, -0.15) is 5.10 Å². The molecule has 15 heavy (non-hydrogen) atoms. The van der Waals surface area contributed by atoms with Crippen LogP contribution in [-0.2, 0) is 13.5 Å². The maximum Gasteiger partial charge on any atom is 0.0492 e. The molecule has 1 N–H and O–H groups in total. The Morgan fingerprint density at radius 3 is 2.80 bits per heavy atom. The topological polar surface area (TPSA) is 29.9 Å². The minimum Gasteiger partial charge on any atom is -0.314 e. The lowest BCUT2D eigenvalue weighted by Crippen LogP contribution is -2.29. The van der Waals surface area contributed by atoms with Crippen molar-refractivity contribution in [3.63, 3.8) is 0 Å². The summed E-state index contributed by atoms with van der Waals surface area (Å²) >= 11 is 0. The second-order valence-electron chi connectivity index (χ2n) is 4.04. The van der Waals surface area contributed by atoms with Crippen LogP contribution in [0.1, 0.15) is 38.8 Å². The molecule has 1 heterocycles. The molecule has 0 spiro atoms. The first-order chi connectivity index (χ1) is 7.27. The Hall–Kier alpha value is -0.830. The number of hydrogen-bond donors (Lipinski definition) is 1. The maximum atomic E-state index is 4.18. The van der Waals surface area contributed by atoms with Crippen LogP contribution < -0.4 is 5.32 Å². The average molecular weight is 209 g/mol. The van der Waals surface area contributed by atoms with E-state index in [0.717, 1.165) is 13.0 Å². The van der Waals surface area contributed by atoms with E-state index in [1.807, 2.05) is 17.9 Å². The van der Waals surface area contributed by atoms with Crippen LogP contribution in [0.5, 0.6) is 0 Å². The molecule has 0 radical (unpaired) electrons. The fourth-order valence-electron chi connectivity index (χ4n) is 1.77. The third-order valence-electron chi connectivity index (χ3n) is 2.85. The van der Waals surface area contributed by atoms with Crippen molar-refractivity contribution in [3.8, 4) is 0 Å². The standard InChI is InChI=1S/C12H23N3/c1-4-9-13-11(5-2)6-7-12-8-10-14-15(12)3/h8,10-11,13H,4-7,9H2,1-3H3. The van der Waals surface area contributed by atoms with Gasteiger partial charge in [0.15, 0.2) is 0 Å². The van der Waals surface area contributed by atoms with Gasteiger partial charge in [0.05, 0.1) is 0 Å². The van der Waals surface area contributed by atoms with E-state index in [9.17, 15) is 0 Å². The highest BCUT2D eigenvalue weighted by Crippen LogP contribution is 2.06. The zero-order chi connectivity index (χ0) is 11.1. The van der Waals surface area contributed by atoms with Crippen LogP contribution in [-0.4, -0.2) is 22.4 Å². The van der Waals surface area contributed by atoms with Crippen molar-refractivity contribution >= 4 is 0 Å². The number of nitrogens with one attached hydrogen (secondary N) is 1. The van der Waals surface area contributed by atoms with Gasteiger partial charge in [0.2, 0.25) is 0 Å². The molecule has 1 aromatic rings. The molecule has 1 atom stereocenters. The van der Waals surface area contributed by atoms with E-state index in [2.05, 4.69) is 30.3 Å². The average Bonchev–Trinajstić information content (AvgIpc) is 2.65. The predicted octanol–water partition coefficient (Wildman–Crippen LogP) is 2.13. The Balaban J connectivity index is 2.31. The fraction of sp³-hybridized carbons (Fsp3) is 0.750. The molecule has 0 aliphatic heterocycles. The zero-order valence-electron chi connectivity index (χ0n) is 10.2. The van der Waals surface area contributed by atoms with E-state index in [4.69, 9.17) is 0 Å². The summed E-state index contributed by atoms with van der Waals surface area (Å²) in [7, 11) is 2.01. The van der Waals surface area contributed by atoms with Crippen LogP contribution in [0, 0.1) is 0 Å². The van der Waals surface area contributed by atoms with Gasteiger partial charge in [-0.05, 0) is 38.3 Å². The second-order valence-corrected chi connectivity index (χ2v) is 4.04. The lowest BCUT2D eigenvalue weighted by molar-refractivity contribution is 0.462. The quantitative estimate of drug-likeness (QED) is 0.745. The Morgan fingerprint density at radius 1 is 1.47 bits per heavy atom. The number of aryl methyl sites for hydroxylation is 2. The molecule has 1 unspecified atom stereocenters. The van der Waals surface area contributed by atoms with Gasteiger partial charge in [0.25, 0.3) is 0 Å². The molecule has 1 aromatic heterocycles. The molecule has 1 rings (SSSR count). The lowest BCUT2D eigenvalue weighted by atomic mass is 10.1. The summed E-state index contributed by atoms with van der Waals surface area (Å²) in [5.74, 6) is 0. The number of aromatic nitrogens is 2. The Labute approximate surface area is 92.9 Å². The summed E-state index contributed by atoms with van der Waals surface area (Å²) in [6.07, 6.45) is 6.61. The van der Waals surface area contributed by atoms with Crippen LogP contribution in [0.2, 0.25) is 0 Å². The zero-order valence-corrected chi connectivity index (χ0v) is 10.2. The van der Waals surface area contributed by atoms with E-state index >= 15 is 0 Å². The van der Waals surface area contributed by atoms with E-state index in [-0.39, 0.29) is 0 Å². The van der Waals surface area contributed by atoms with Gasteiger partial charge in [0.1, 0.15) is 0 Å². The highest BCUT2D eigenvalue weighted by atomic mass is 15.2. The molecule has 3 heteroatoms. The summed E-state index contributed by atoms with van der Waals surface area (Å²) in [6, 6.07) is 2.76. The van der Waals surface area contributed by atoms with Crippen molar-refractivity contribution in [2.24, 2.45) is 7.05 Å². The van der Waals surface area contributed by atoms with Crippen molar-refractivity contribution in [1.82, 2.24) is 15.1 Å². The maximum absolute atomic E-state index is 4.18. The van der Waals surface area contributed by atoms with Gasteiger partial charge in [-0.1, -0.05) is 13.8 Å². The van der Waals surface area contributed by atoms with Gasteiger partial charge < -0.3 is 5.32 Å². The molecule has 0 saturated carbocycles. The van der Waals surface area contributed by atoms with Crippen LogP contribution in [0.4, 0.5) is 0 Å². The molecule has 0 amide bonds. The summed E-state index contributed by atoms with van der Waals surface area (Å²) in [4.78, 5) is 0. The van der Waals surface area contributed by atoms with Crippen molar-refractivity contribution in [3.05, 3.63) is 18.0 Å². The van der Waals surface area contributed by atoms with Crippen molar-refractivity contribution in [2.75, 3.05) is 6.54 Å². The van der Waals surface area contributed by atoms with Gasteiger partial charge in [-0.15, -0.1) is 0 Å². The van der Waals surface area contributed by atoms with Gasteiger partial charge in [0, 0.05) is 25.0 Å². The highest BCUT2D eigenvalue weighted by Gasteiger charge is 2.06. The number of hydrogen-bond acceptors (Lipinski definition) is 2. The van der Waals surface area contributed by atoms with Crippen LogP contribution in [0.25, 0.3) is 0 Å². The molecule has 0 bridgehead atoms. The first-order valence-electron chi connectivity index (χ1n) is 5.98. The highest BCUT2D eigenvalue weighted by molar-refractivity contribution is 5.00. The summed E-state index contributed by atoms with van der Waals surface area (Å²) in [6.45, 7) is 5.58. The van der Waals surface area contributed by atoms with Crippen LogP contribution >= 0.6 is 0 Å². The van der Waals surface area contributed by atoms with E-state index < -0.39 is 0 Å². The summed E-state index contributed by atoms with van der Waals surface area (Å²) < 4.78 is 1.96. The van der Waals surface area contributed by atoms with Gasteiger partial charge in [-0.3, -0.25) is 4.68 Å². The third kappa shape index (κ3) is 4.04. The number of nitrogens with zero attached hydrogens (tertiary/aromatic N) is 2. The van der Waals surface area contributed by atoms with Crippen LogP contribution in [0.15, 0.2) is 12.3 Å². The SMILES string of the molecule is CCCNC(CC)CCc1ccnn1C. The second kappa shape index (κ2) is 6.62. The molecule has 3 nitrogen and oxygen atoms in total. The molecule has 0 aliphatic rings. The largest absolute Gasteiger partial charge is 0.314 e. The molecular weight excluding hydrogens is 186 g/mol. The molecule has 0 saturated heterocycles. The van der Waals surface area contributed by atoms with Crippen molar-refractivity contribution < 1.29 is 0 Å². The lowest BCUT2D eigenvalue weighted by Gasteiger charge is -2.16.